The third-order valence-corrected chi connectivity index (χ3v) is 3.90. The Morgan fingerprint density at radius 3 is 2.64 bits per heavy atom. The molecule has 1 atom stereocenters. The third-order valence-electron chi connectivity index (χ3n) is 3.90. The molecule has 0 aliphatic carbocycles. The van der Waals surface area contributed by atoms with Crippen molar-refractivity contribution in [2.45, 2.75) is 45.4 Å². The van der Waals surface area contributed by atoms with E-state index in [0.29, 0.717) is 12.6 Å². The molecule has 4 nitrogen and oxygen atoms in total. The van der Waals surface area contributed by atoms with E-state index in [9.17, 15) is 4.79 Å². The molecule has 0 spiro atoms. The van der Waals surface area contributed by atoms with E-state index in [2.05, 4.69) is 5.32 Å². The van der Waals surface area contributed by atoms with E-state index in [-0.39, 0.29) is 24.4 Å². The Balaban J connectivity index is 0.00000242. The number of benzene rings is 1. The van der Waals surface area contributed by atoms with Crippen molar-refractivity contribution in [1.29, 1.82) is 0 Å². The van der Waals surface area contributed by atoms with Crippen LogP contribution in [0.1, 0.15) is 42.6 Å². The van der Waals surface area contributed by atoms with Gasteiger partial charge in [-0.3, -0.25) is 4.79 Å². The molecule has 0 bridgehead atoms. The summed E-state index contributed by atoms with van der Waals surface area (Å²) in [7, 11) is 1.96. The lowest BCUT2D eigenvalue weighted by atomic mass is 10.0. The number of likely N-dealkylation sites (N-methyl/N-ethyl adjacent to an activating group) is 1. The lowest BCUT2D eigenvalue weighted by Crippen LogP contribution is -2.46. The molecule has 1 aromatic carbocycles. The summed E-state index contributed by atoms with van der Waals surface area (Å²) in [5.74, 6) is 0.131. The predicted octanol–water partition coefficient (Wildman–Crippen LogP) is 2.86. The first kappa shape index (κ1) is 18.9. The Morgan fingerprint density at radius 1 is 1.36 bits per heavy atom. The van der Waals surface area contributed by atoms with Gasteiger partial charge in [0, 0.05) is 24.7 Å². The number of carbonyl (C=O) groups is 1. The monoisotopic (exact) mass is 326 g/mol. The van der Waals surface area contributed by atoms with E-state index < -0.39 is 0 Å². The zero-order chi connectivity index (χ0) is 15.2. The average molecular weight is 327 g/mol. The maximum absolute atomic E-state index is 12.5. The SMILES string of the molecule is CNC1CCCN(C(=O)c2ccc(COC(C)C)cc2)C1.Cl. The van der Waals surface area contributed by atoms with E-state index >= 15 is 0 Å². The van der Waals surface area contributed by atoms with Crippen LogP contribution in [0.3, 0.4) is 0 Å². The third kappa shape index (κ3) is 5.27. The van der Waals surface area contributed by atoms with Crippen molar-refractivity contribution in [2.24, 2.45) is 0 Å². The molecule has 1 heterocycles. The molecule has 1 aliphatic rings. The lowest BCUT2D eigenvalue weighted by Gasteiger charge is -2.32. The number of piperidine rings is 1. The molecule has 0 saturated carbocycles. The number of halogens is 1. The van der Waals surface area contributed by atoms with E-state index in [0.717, 1.165) is 37.1 Å². The molecular weight excluding hydrogens is 300 g/mol. The van der Waals surface area contributed by atoms with Crippen molar-refractivity contribution in [3.63, 3.8) is 0 Å². The summed E-state index contributed by atoms with van der Waals surface area (Å²) in [6.07, 6.45) is 2.43. The van der Waals surface area contributed by atoms with Gasteiger partial charge in [-0.25, -0.2) is 0 Å². The number of nitrogens with zero attached hydrogens (tertiary/aromatic N) is 1. The van der Waals surface area contributed by atoms with Crippen LogP contribution in [-0.4, -0.2) is 43.1 Å². The van der Waals surface area contributed by atoms with Crippen LogP contribution in [0.15, 0.2) is 24.3 Å². The molecule has 1 N–H and O–H groups in total. The van der Waals surface area contributed by atoms with Crippen LogP contribution in [0.4, 0.5) is 0 Å². The molecule has 1 aromatic rings. The van der Waals surface area contributed by atoms with Gasteiger partial charge < -0.3 is 15.0 Å². The number of hydrogen-bond donors (Lipinski definition) is 1. The smallest absolute Gasteiger partial charge is 0.253 e. The second-order valence-corrected chi connectivity index (χ2v) is 5.94. The second kappa shape index (κ2) is 9.13. The quantitative estimate of drug-likeness (QED) is 0.904. The first-order valence-corrected chi connectivity index (χ1v) is 7.77. The van der Waals surface area contributed by atoms with Gasteiger partial charge in [-0.1, -0.05) is 12.1 Å². The fraction of sp³-hybridized carbons (Fsp3) is 0.588. The van der Waals surface area contributed by atoms with Gasteiger partial charge in [0.1, 0.15) is 0 Å². The summed E-state index contributed by atoms with van der Waals surface area (Å²) in [6.45, 7) is 6.29. The van der Waals surface area contributed by atoms with Gasteiger partial charge in [-0.2, -0.15) is 0 Å². The highest BCUT2D eigenvalue weighted by atomic mass is 35.5. The summed E-state index contributed by atoms with van der Waals surface area (Å²) in [4.78, 5) is 14.5. The zero-order valence-corrected chi connectivity index (χ0v) is 14.5. The van der Waals surface area contributed by atoms with Gasteiger partial charge in [0.2, 0.25) is 0 Å². The number of likely N-dealkylation sites (tertiary alicyclic amines) is 1. The van der Waals surface area contributed by atoms with Gasteiger partial charge in [0.15, 0.2) is 0 Å². The van der Waals surface area contributed by atoms with Gasteiger partial charge in [0.05, 0.1) is 12.7 Å². The summed E-state index contributed by atoms with van der Waals surface area (Å²) in [5, 5.41) is 3.27. The molecule has 1 saturated heterocycles. The molecule has 1 aliphatic heterocycles. The second-order valence-electron chi connectivity index (χ2n) is 5.94. The Morgan fingerprint density at radius 2 is 2.05 bits per heavy atom. The van der Waals surface area contributed by atoms with Crippen LogP contribution in [-0.2, 0) is 11.3 Å². The molecular formula is C17H27ClN2O2. The maximum Gasteiger partial charge on any atom is 0.253 e. The van der Waals surface area contributed by atoms with Crippen molar-refractivity contribution in [3.05, 3.63) is 35.4 Å². The fourth-order valence-corrected chi connectivity index (χ4v) is 2.59. The van der Waals surface area contributed by atoms with Crippen LogP contribution in [0, 0.1) is 0 Å². The largest absolute Gasteiger partial charge is 0.374 e. The highest BCUT2D eigenvalue weighted by molar-refractivity contribution is 5.94. The van der Waals surface area contributed by atoms with E-state index in [1.54, 1.807) is 0 Å². The summed E-state index contributed by atoms with van der Waals surface area (Å²) in [5.41, 5.74) is 1.87. The molecule has 0 radical (unpaired) electrons. The van der Waals surface area contributed by atoms with Crippen molar-refractivity contribution in [3.8, 4) is 0 Å². The van der Waals surface area contributed by atoms with Crippen LogP contribution in [0.25, 0.3) is 0 Å². The molecule has 5 heteroatoms. The van der Waals surface area contributed by atoms with E-state index in [1.807, 2.05) is 50.1 Å². The highest BCUT2D eigenvalue weighted by Gasteiger charge is 2.23. The number of hydrogen-bond acceptors (Lipinski definition) is 3. The fourth-order valence-electron chi connectivity index (χ4n) is 2.59. The van der Waals surface area contributed by atoms with E-state index in [4.69, 9.17) is 4.74 Å². The predicted molar refractivity (Wildman–Crippen MR) is 91.6 cm³/mol. The van der Waals surface area contributed by atoms with Crippen LogP contribution >= 0.6 is 12.4 Å². The van der Waals surface area contributed by atoms with Crippen molar-refractivity contribution < 1.29 is 9.53 Å². The van der Waals surface area contributed by atoms with Crippen LogP contribution < -0.4 is 5.32 Å². The topological polar surface area (TPSA) is 41.6 Å². The molecule has 1 amide bonds. The van der Waals surface area contributed by atoms with Crippen LogP contribution in [0.5, 0.6) is 0 Å². The Labute approximate surface area is 139 Å². The molecule has 1 fully saturated rings. The Bertz CT molecular complexity index is 462. The number of amides is 1. The molecule has 0 aromatic heterocycles. The molecule has 22 heavy (non-hydrogen) atoms. The molecule has 2 rings (SSSR count). The molecule has 1 unspecified atom stereocenters. The summed E-state index contributed by atoms with van der Waals surface area (Å²) in [6, 6.07) is 8.19. The summed E-state index contributed by atoms with van der Waals surface area (Å²) < 4.78 is 5.57. The van der Waals surface area contributed by atoms with Gasteiger partial charge in [0.25, 0.3) is 5.91 Å². The standard InChI is InChI=1S/C17H26N2O2.ClH/c1-13(2)21-12-14-6-8-15(9-7-14)17(20)19-10-4-5-16(11-19)18-3;/h6-9,13,16,18H,4-5,10-12H2,1-3H3;1H. The Hall–Kier alpha value is -1.10. The first-order chi connectivity index (χ1) is 10.1. The maximum atomic E-state index is 12.5. The van der Waals surface area contributed by atoms with Crippen molar-refractivity contribution >= 4 is 18.3 Å². The van der Waals surface area contributed by atoms with Crippen molar-refractivity contribution in [1.82, 2.24) is 10.2 Å². The number of nitrogens with one attached hydrogen (secondary N) is 1. The zero-order valence-electron chi connectivity index (χ0n) is 13.7. The number of ether oxygens (including phenoxy) is 1. The van der Waals surface area contributed by atoms with Gasteiger partial charge in [-0.15, -0.1) is 12.4 Å². The van der Waals surface area contributed by atoms with Gasteiger partial charge >= 0.3 is 0 Å². The number of carbonyl (C=O) groups excluding carboxylic acids is 1. The van der Waals surface area contributed by atoms with E-state index in [1.165, 1.54) is 0 Å². The minimum atomic E-state index is 0. The van der Waals surface area contributed by atoms with Crippen LogP contribution in [0.2, 0.25) is 0 Å². The minimum Gasteiger partial charge on any atom is -0.374 e. The first-order valence-electron chi connectivity index (χ1n) is 7.77. The van der Waals surface area contributed by atoms with Crippen molar-refractivity contribution in [2.75, 3.05) is 20.1 Å². The normalized spacial score (nSPS) is 18.2. The highest BCUT2D eigenvalue weighted by Crippen LogP contribution is 2.15. The van der Waals surface area contributed by atoms with Gasteiger partial charge in [-0.05, 0) is 51.4 Å². The summed E-state index contributed by atoms with van der Waals surface area (Å²) >= 11 is 0. The average Bonchev–Trinajstić information content (AvgIpc) is 2.52. The lowest BCUT2D eigenvalue weighted by molar-refractivity contribution is 0.0654. The number of rotatable bonds is 5. The minimum absolute atomic E-state index is 0. The Kier molecular flexibility index (Phi) is 7.87. The molecule has 124 valence electrons.